The molecule has 0 spiro atoms. The largest absolute Gasteiger partial charge is 0.480 e. The van der Waals surface area contributed by atoms with Gasteiger partial charge in [0.1, 0.15) is 6.04 Å². The Labute approximate surface area is 317 Å². The van der Waals surface area contributed by atoms with E-state index in [2.05, 4.69) is 83.4 Å². The van der Waals surface area contributed by atoms with Crippen LogP contribution in [0.1, 0.15) is 53.6 Å². The molecule has 0 fully saturated rings. The average molecular weight is 719 g/mol. The Morgan fingerprint density at radius 2 is 0.849 bits per heavy atom. The molecule has 0 unspecified atom stereocenters. The molecule has 0 heterocycles. The van der Waals surface area contributed by atoms with E-state index in [1.54, 1.807) is 11.8 Å². The molecule has 0 saturated carbocycles. The highest BCUT2D eigenvalue weighted by Crippen LogP contribution is 2.49. The molecule has 0 radical (unpaired) electrons. The van der Waals surface area contributed by atoms with Crippen LogP contribution in [-0.4, -0.2) is 34.8 Å². The SMILES string of the molecule is CC(C)C[C@@H](NC(=O)[C@H](CSC(c1ccccc1)(c1ccccc1)c1ccccc1)NC(c1ccccc1)(c1ccccc1)c1ccccc1)C(=O)O. The minimum absolute atomic E-state index is 0.0659. The minimum atomic E-state index is -1.05. The first kappa shape index (κ1) is 37.3. The lowest BCUT2D eigenvalue weighted by Crippen LogP contribution is -2.58. The van der Waals surface area contributed by atoms with Gasteiger partial charge in [0.25, 0.3) is 0 Å². The molecular formula is C47H46N2O3S. The monoisotopic (exact) mass is 718 g/mol. The van der Waals surface area contributed by atoms with Crippen LogP contribution in [0.4, 0.5) is 0 Å². The van der Waals surface area contributed by atoms with E-state index in [1.165, 1.54) is 0 Å². The van der Waals surface area contributed by atoms with Gasteiger partial charge < -0.3 is 10.4 Å². The van der Waals surface area contributed by atoms with Crippen LogP contribution in [0.2, 0.25) is 0 Å². The van der Waals surface area contributed by atoms with Crippen molar-refractivity contribution in [1.29, 1.82) is 0 Å². The number of nitrogens with one attached hydrogen (secondary N) is 2. The van der Waals surface area contributed by atoms with Gasteiger partial charge in [-0.05, 0) is 45.7 Å². The fourth-order valence-corrected chi connectivity index (χ4v) is 8.76. The number of carbonyl (C=O) groups excluding carboxylic acids is 1. The van der Waals surface area contributed by atoms with Crippen LogP contribution in [0, 0.1) is 5.92 Å². The highest BCUT2D eigenvalue weighted by molar-refractivity contribution is 8.00. The van der Waals surface area contributed by atoms with Gasteiger partial charge in [0, 0.05) is 5.75 Å². The summed E-state index contributed by atoms with van der Waals surface area (Å²) >= 11 is 1.67. The van der Waals surface area contributed by atoms with Gasteiger partial charge in [0.05, 0.1) is 16.3 Å². The number of benzene rings is 6. The molecule has 2 atom stereocenters. The quantitative estimate of drug-likeness (QED) is 0.0870. The van der Waals surface area contributed by atoms with Crippen molar-refractivity contribution in [3.63, 3.8) is 0 Å². The second-order valence-electron chi connectivity index (χ2n) is 13.7. The molecule has 3 N–H and O–H groups in total. The van der Waals surface area contributed by atoms with Crippen LogP contribution in [0.15, 0.2) is 182 Å². The van der Waals surface area contributed by atoms with Gasteiger partial charge in [-0.25, -0.2) is 4.79 Å². The smallest absolute Gasteiger partial charge is 0.326 e. The Morgan fingerprint density at radius 3 is 1.15 bits per heavy atom. The van der Waals surface area contributed by atoms with Crippen molar-refractivity contribution in [3.05, 3.63) is 215 Å². The molecule has 6 heteroatoms. The van der Waals surface area contributed by atoms with Crippen LogP contribution < -0.4 is 10.6 Å². The van der Waals surface area contributed by atoms with Crippen LogP contribution >= 0.6 is 11.8 Å². The second kappa shape index (κ2) is 17.4. The summed E-state index contributed by atoms with van der Waals surface area (Å²) in [5.74, 6) is -1.06. The number of thioether (sulfide) groups is 1. The lowest BCUT2D eigenvalue weighted by atomic mass is 9.76. The molecule has 268 valence electrons. The number of carboxylic acids is 1. The first-order valence-corrected chi connectivity index (χ1v) is 19.1. The zero-order chi connectivity index (χ0) is 37.1. The highest BCUT2D eigenvalue weighted by atomic mass is 32.2. The van der Waals surface area contributed by atoms with E-state index in [0.29, 0.717) is 12.2 Å². The minimum Gasteiger partial charge on any atom is -0.480 e. The first-order valence-electron chi connectivity index (χ1n) is 18.1. The maximum Gasteiger partial charge on any atom is 0.326 e. The maximum absolute atomic E-state index is 14.9. The van der Waals surface area contributed by atoms with E-state index in [4.69, 9.17) is 0 Å². The number of aliphatic carboxylic acids is 1. The summed E-state index contributed by atoms with van der Waals surface area (Å²) in [4.78, 5) is 27.5. The standard InChI is InChI=1S/C47H46N2O3S/c1-35(2)33-42(45(51)52)48-44(50)43(49-46(36-21-9-3-10-22-36,37-23-11-4-12-24-37)38-25-13-5-14-26-38)34-53-47(39-27-15-6-16-28-39,40-29-17-7-18-30-40)41-31-19-8-20-32-41/h3-32,35,42-43,49H,33-34H2,1-2H3,(H,48,50)(H,51,52)/t42-,43+/m1/s1. The van der Waals surface area contributed by atoms with Gasteiger partial charge in [-0.15, -0.1) is 11.8 Å². The van der Waals surface area contributed by atoms with Crippen LogP contribution in [0.5, 0.6) is 0 Å². The fraction of sp³-hybridized carbons (Fsp3) is 0.191. The summed E-state index contributed by atoms with van der Waals surface area (Å²) in [5, 5.41) is 17.2. The summed E-state index contributed by atoms with van der Waals surface area (Å²) < 4.78 is -0.705. The Balaban J connectivity index is 1.55. The van der Waals surface area contributed by atoms with Gasteiger partial charge >= 0.3 is 5.97 Å². The third-order valence-electron chi connectivity index (χ3n) is 9.66. The molecule has 6 aromatic rings. The Bertz CT molecular complexity index is 1830. The molecule has 6 aromatic carbocycles. The molecule has 6 rings (SSSR count). The molecule has 0 bridgehead atoms. The van der Waals surface area contributed by atoms with Crippen molar-refractivity contribution in [2.24, 2.45) is 5.92 Å². The van der Waals surface area contributed by atoms with Crippen molar-refractivity contribution in [3.8, 4) is 0 Å². The Hall–Kier alpha value is -5.43. The first-order chi connectivity index (χ1) is 25.8. The summed E-state index contributed by atoms with van der Waals surface area (Å²) in [6, 6.07) is 59.8. The number of carboxylic acid groups (broad SMARTS) is 1. The molecule has 0 aliphatic heterocycles. The summed E-state index contributed by atoms with van der Waals surface area (Å²) in [7, 11) is 0. The van der Waals surface area contributed by atoms with E-state index >= 15 is 0 Å². The number of hydrogen-bond donors (Lipinski definition) is 3. The molecular weight excluding hydrogens is 673 g/mol. The predicted octanol–water partition coefficient (Wildman–Crippen LogP) is 9.28. The second-order valence-corrected chi connectivity index (χ2v) is 14.9. The van der Waals surface area contributed by atoms with Crippen molar-refractivity contribution in [1.82, 2.24) is 10.6 Å². The molecule has 5 nitrogen and oxygen atoms in total. The van der Waals surface area contributed by atoms with E-state index in [9.17, 15) is 14.7 Å². The van der Waals surface area contributed by atoms with Gasteiger partial charge in [0.2, 0.25) is 5.91 Å². The zero-order valence-corrected chi connectivity index (χ0v) is 31.0. The van der Waals surface area contributed by atoms with Crippen molar-refractivity contribution in [2.75, 3.05) is 5.75 Å². The van der Waals surface area contributed by atoms with Gasteiger partial charge in [-0.2, -0.15) is 0 Å². The lowest BCUT2D eigenvalue weighted by Gasteiger charge is -2.41. The topological polar surface area (TPSA) is 78.4 Å². The van der Waals surface area contributed by atoms with E-state index < -0.39 is 28.3 Å². The van der Waals surface area contributed by atoms with E-state index in [1.807, 2.05) is 123 Å². The number of amides is 1. The Morgan fingerprint density at radius 1 is 0.528 bits per heavy atom. The fourth-order valence-electron chi connectivity index (χ4n) is 7.20. The molecule has 0 aliphatic rings. The van der Waals surface area contributed by atoms with Gasteiger partial charge in [-0.1, -0.05) is 196 Å². The molecule has 0 aromatic heterocycles. The van der Waals surface area contributed by atoms with Crippen molar-refractivity contribution in [2.45, 2.75) is 42.6 Å². The Kier molecular flexibility index (Phi) is 12.2. The number of hydrogen-bond acceptors (Lipinski definition) is 4. The zero-order valence-electron chi connectivity index (χ0n) is 30.1. The van der Waals surface area contributed by atoms with Crippen LogP contribution in [0.3, 0.4) is 0 Å². The summed E-state index contributed by atoms with van der Waals surface area (Å²) in [6.45, 7) is 3.93. The van der Waals surface area contributed by atoms with Gasteiger partial charge in [-0.3, -0.25) is 10.1 Å². The van der Waals surface area contributed by atoms with E-state index in [0.717, 1.165) is 33.4 Å². The van der Waals surface area contributed by atoms with Crippen molar-refractivity contribution >= 4 is 23.6 Å². The molecule has 1 amide bonds. The third kappa shape index (κ3) is 8.30. The highest BCUT2D eigenvalue weighted by Gasteiger charge is 2.43. The summed E-state index contributed by atoms with van der Waals surface area (Å²) in [5.41, 5.74) is 5.12. The lowest BCUT2D eigenvalue weighted by molar-refractivity contribution is -0.142. The van der Waals surface area contributed by atoms with Crippen molar-refractivity contribution < 1.29 is 14.7 Å². The molecule has 0 saturated heterocycles. The van der Waals surface area contributed by atoms with Crippen LogP contribution in [0.25, 0.3) is 0 Å². The van der Waals surface area contributed by atoms with Crippen LogP contribution in [-0.2, 0) is 19.9 Å². The maximum atomic E-state index is 14.9. The third-order valence-corrected chi connectivity index (χ3v) is 11.3. The molecule has 0 aliphatic carbocycles. The number of rotatable bonds is 16. The van der Waals surface area contributed by atoms with Gasteiger partial charge in [0.15, 0.2) is 0 Å². The summed E-state index contributed by atoms with van der Waals surface area (Å²) in [6.07, 6.45) is 0.310. The average Bonchev–Trinajstić information content (AvgIpc) is 3.21. The normalized spacial score (nSPS) is 12.9. The molecule has 53 heavy (non-hydrogen) atoms. The predicted molar refractivity (Wildman–Crippen MR) is 217 cm³/mol. The van der Waals surface area contributed by atoms with E-state index in [-0.39, 0.29) is 11.8 Å². The number of carbonyl (C=O) groups is 2.